The highest BCUT2D eigenvalue weighted by atomic mass is 28.3. The molecule has 76 heavy (non-hydrogen) atoms. The average Bonchev–Trinajstić information content (AvgIpc) is 4.09. The van der Waals surface area contributed by atoms with Gasteiger partial charge in [0.25, 0.3) is 6.71 Å². The molecule has 0 N–H and O–H groups in total. The molecule has 2 saturated carbocycles. The molecule has 0 saturated heterocycles. The van der Waals surface area contributed by atoms with Crippen molar-refractivity contribution in [2.75, 3.05) is 14.7 Å². The summed E-state index contributed by atoms with van der Waals surface area (Å²) in [5.41, 5.74) is 23.5. The summed E-state index contributed by atoms with van der Waals surface area (Å²) in [6.07, 6.45) is 9.29. The second-order valence-corrected chi connectivity index (χ2v) is 29.7. The summed E-state index contributed by atoms with van der Waals surface area (Å²) in [5, 5.41) is 1.56. The Morgan fingerprint density at radius 3 is 1.58 bits per heavy atom. The van der Waals surface area contributed by atoms with Gasteiger partial charge in [-0.15, -0.1) is 0 Å². The van der Waals surface area contributed by atoms with Crippen molar-refractivity contribution in [1.29, 1.82) is 0 Å². The number of nitrogens with zero attached hydrogens (tertiary/aromatic N) is 3. The molecule has 0 radical (unpaired) electrons. The number of benzene rings is 9. The van der Waals surface area contributed by atoms with Crippen LogP contribution in [0.1, 0.15) is 87.5 Å². The van der Waals surface area contributed by atoms with Gasteiger partial charge in [0, 0.05) is 50.6 Å². The maximum Gasteiger partial charge on any atom is 0.252 e. The number of fused-ring (bicyclic) bond motifs is 10. The smallest absolute Gasteiger partial charge is 0.252 e. The highest BCUT2D eigenvalue weighted by Crippen LogP contribution is 2.67. The standard InChI is InChI=1S/C71H66BN3Si/c1-68-39-20-22-41-70(68,53-30-14-8-15-31-53)58-35-18-19-36-62(58)74(68)56-45-64-66-65(46-56)75-67-59(71(54-32-16-9-17-33-54)42-23-21-40-69(71,75)2)47-57(76(3,4)5)48-61(67)72(66)60-38-37-52(50-27-12-7-13-28-50)44-63(60)73(64)55-34-24-29-51(43-55)49-25-10-6-11-26-49/h6-19,24-38,43-48H,20-23,39-42H2,1-5H3. The van der Waals surface area contributed by atoms with E-state index in [9.17, 15) is 0 Å². The molecule has 372 valence electrons. The van der Waals surface area contributed by atoms with Gasteiger partial charge in [0.15, 0.2) is 0 Å². The van der Waals surface area contributed by atoms with Gasteiger partial charge < -0.3 is 14.7 Å². The molecule has 4 aliphatic heterocycles. The average molecular weight is 1000 g/mol. The normalized spacial score (nSPS) is 23.5. The van der Waals surface area contributed by atoms with Crippen LogP contribution in [0, 0.1) is 0 Å². The van der Waals surface area contributed by atoms with Crippen LogP contribution >= 0.6 is 0 Å². The van der Waals surface area contributed by atoms with Crippen LogP contribution in [-0.4, -0.2) is 25.9 Å². The molecule has 9 aromatic rings. The minimum atomic E-state index is -1.87. The SMILES string of the molecule is CC12CCCCC1(c1ccccc1)c1ccccc1N2c1cc2c3c(c1)N1c4c(cc([Si](C)(C)C)cc4C4(c5ccccc5)CCCCC14C)B3c1ccc(-c3ccccc3)cc1N2c1cccc(-c2ccccc2)c1. The third-order valence-corrected chi connectivity index (χ3v) is 22.0. The number of rotatable bonds is 7. The molecular weight excluding hydrogens is 934 g/mol. The van der Waals surface area contributed by atoms with Crippen molar-refractivity contribution in [2.45, 2.75) is 107 Å². The number of hydrogen-bond acceptors (Lipinski definition) is 3. The predicted molar refractivity (Wildman–Crippen MR) is 325 cm³/mol. The third-order valence-electron chi connectivity index (χ3n) is 19.9. The first-order valence-corrected chi connectivity index (χ1v) is 31.9. The first kappa shape index (κ1) is 46.0. The van der Waals surface area contributed by atoms with Gasteiger partial charge >= 0.3 is 0 Å². The minimum Gasteiger partial charge on any atom is -0.335 e. The first-order valence-electron chi connectivity index (χ1n) is 28.4. The Morgan fingerprint density at radius 2 is 0.934 bits per heavy atom. The molecule has 0 amide bonds. The molecule has 0 aromatic heterocycles. The fourth-order valence-electron chi connectivity index (χ4n) is 16.6. The van der Waals surface area contributed by atoms with E-state index in [1.165, 1.54) is 121 Å². The van der Waals surface area contributed by atoms with Gasteiger partial charge in [-0.05, 0) is 137 Å². The van der Waals surface area contributed by atoms with Crippen molar-refractivity contribution >= 4 is 76.2 Å². The van der Waals surface area contributed by atoms with Crippen LogP contribution in [0.5, 0.6) is 0 Å². The topological polar surface area (TPSA) is 9.72 Å². The monoisotopic (exact) mass is 1000 g/mol. The molecule has 0 spiro atoms. The Hall–Kier alpha value is -7.34. The lowest BCUT2D eigenvalue weighted by molar-refractivity contribution is 0.214. The summed E-state index contributed by atoms with van der Waals surface area (Å²) < 4.78 is 0. The molecule has 6 aliphatic rings. The van der Waals surface area contributed by atoms with E-state index >= 15 is 0 Å². The van der Waals surface area contributed by atoms with E-state index < -0.39 is 8.07 Å². The van der Waals surface area contributed by atoms with Gasteiger partial charge in [0.05, 0.1) is 19.2 Å². The number of anilines is 7. The van der Waals surface area contributed by atoms with Gasteiger partial charge in [-0.25, -0.2) is 0 Å². The predicted octanol–water partition coefficient (Wildman–Crippen LogP) is 15.7. The highest BCUT2D eigenvalue weighted by Gasteiger charge is 2.65. The van der Waals surface area contributed by atoms with E-state index in [0.29, 0.717) is 0 Å². The second-order valence-electron chi connectivity index (χ2n) is 24.6. The maximum atomic E-state index is 2.98. The Balaban J connectivity index is 1.09. The number of para-hydroxylation sites is 1. The molecule has 4 atom stereocenters. The van der Waals surface area contributed by atoms with Crippen LogP contribution in [0.2, 0.25) is 19.6 Å². The fraction of sp³-hybridized carbons (Fsp3) is 0.239. The van der Waals surface area contributed by atoms with Crippen LogP contribution in [0.25, 0.3) is 22.3 Å². The molecule has 2 fully saturated rings. The van der Waals surface area contributed by atoms with E-state index in [4.69, 9.17) is 0 Å². The fourth-order valence-corrected chi connectivity index (χ4v) is 17.7. The van der Waals surface area contributed by atoms with Crippen LogP contribution in [0.15, 0.2) is 212 Å². The second kappa shape index (κ2) is 16.6. The van der Waals surface area contributed by atoms with E-state index in [2.05, 4.69) is 261 Å². The molecule has 0 bridgehead atoms. The zero-order valence-corrected chi connectivity index (χ0v) is 45.8. The zero-order chi connectivity index (χ0) is 51.2. The lowest BCUT2D eigenvalue weighted by atomic mass is 9.33. The summed E-state index contributed by atoms with van der Waals surface area (Å²) >= 11 is 0. The Kier molecular flexibility index (Phi) is 10.0. The quantitative estimate of drug-likeness (QED) is 0.147. The van der Waals surface area contributed by atoms with Gasteiger partial charge in [-0.3, -0.25) is 0 Å². The Labute approximate surface area is 452 Å². The molecule has 4 unspecified atom stereocenters. The molecule has 2 aliphatic carbocycles. The van der Waals surface area contributed by atoms with Gasteiger partial charge in [0.1, 0.15) is 0 Å². The minimum absolute atomic E-state index is 0.0184. The van der Waals surface area contributed by atoms with E-state index in [0.717, 1.165) is 25.7 Å². The van der Waals surface area contributed by atoms with Crippen molar-refractivity contribution in [1.82, 2.24) is 0 Å². The Morgan fingerprint density at radius 1 is 0.395 bits per heavy atom. The number of hydrogen-bond donors (Lipinski definition) is 0. The maximum absolute atomic E-state index is 2.98. The molecule has 9 aromatic carbocycles. The van der Waals surface area contributed by atoms with Gasteiger partial charge in [-0.2, -0.15) is 0 Å². The molecule has 3 nitrogen and oxygen atoms in total. The zero-order valence-electron chi connectivity index (χ0n) is 44.8. The molecule has 15 rings (SSSR count). The third kappa shape index (κ3) is 6.12. The highest BCUT2D eigenvalue weighted by molar-refractivity contribution is 7.01. The van der Waals surface area contributed by atoms with E-state index in [1.807, 2.05) is 0 Å². The van der Waals surface area contributed by atoms with Crippen LogP contribution in [0.4, 0.5) is 39.8 Å². The van der Waals surface area contributed by atoms with E-state index in [1.54, 1.807) is 10.8 Å². The summed E-state index contributed by atoms with van der Waals surface area (Å²) in [5.74, 6) is 0. The summed E-state index contributed by atoms with van der Waals surface area (Å²) in [6, 6.07) is 82.7. The van der Waals surface area contributed by atoms with Gasteiger partial charge in [0.2, 0.25) is 0 Å². The summed E-state index contributed by atoms with van der Waals surface area (Å²) in [6.45, 7) is 13.0. The largest absolute Gasteiger partial charge is 0.335 e. The van der Waals surface area contributed by atoms with Crippen molar-refractivity contribution in [2.24, 2.45) is 0 Å². The Bertz CT molecular complexity index is 3780. The van der Waals surface area contributed by atoms with E-state index in [-0.39, 0.29) is 28.6 Å². The lowest BCUT2D eigenvalue weighted by Crippen LogP contribution is -2.65. The molecule has 5 heteroatoms. The van der Waals surface area contributed by atoms with Crippen molar-refractivity contribution in [3.8, 4) is 22.3 Å². The van der Waals surface area contributed by atoms with Crippen molar-refractivity contribution in [3.05, 3.63) is 235 Å². The first-order chi connectivity index (χ1) is 37.0. The van der Waals surface area contributed by atoms with Crippen LogP contribution in [0.3, 0.4) is 0 Å². The van der Waals surface area contributed by atoms with Crippen LogP contribution in [-0.2, 0) is 10.8 Å². The van der Waals surface area contributed by atoms with Crippen molar-refractivity contribution in [3.63, 3.8) is 0 Å². The van der Waals surface area contributed by atoms with Gasteiger partial charge in [-0.1, -0.05) is 226 Å². The van der Waals surface area contributed by atoms with Crippen molar-refractivity contribution < 1.29 is 0 Å². The molecular formula is C71H66BN3Si. The molecule has 4 heterocycles. The summed E-state index contributed by atoms with van der Waals surface area (Å²) in [4.78, 5) is 8.54. The lowest BCUT2D eigenvalue weighted by Gasteiger charge is -2.55. The summed E-state index contributed by atoms with van der Waals surface area (Å²) in [7, 11) is -1.87. The van der Waals surface area contributed by atoms with Crippen LogP contribution < -0.4 is 36.3 Å².